The number of hydrogen-bond acceptors (Lipinski definition) is 3. The highest BCUT2D eigenvalue weighted by molar-refractivity contribution is 5.39. The maximum atomic E-state index is 9.45. The number of fused-ring (bicyclic) bond motifs is 1. The van der Waals surface area contributed by atoms with Crippen molar-refractivity contribution in [3.63, 3.8) is 0 Å². The second kappa shape index (κ2) is 9.43. The van der Waals surface area contributed by atoms with E-state index in [1.54, 1.807) is 0 Å². The molecule has 0 saturated carbocycles. The van der Waals surface area contributed by atoms with Crippen LogP contribution in [0.1, 0.15) is 82.3 Å². The molecule has 0 heterocycles. The summed E-state index contributed by atoms with van der Waals surface area (Å²) in [6, 6.07) is 6.55. The lowest BCUT2D eigenvalue weighted by Crippen LogP contribution is -2.42. The van der Waals surface area contributed by atoms with E-state index in [2.05, 4.69) is 25.1 Å². The smallest absolute Gasteiger partial charge is 0.119 e. The van der Waals surface area contributed by atoms with Crippen LogP contribution >= 0.6 is 0 Å². The number of aryl methyl sites for hydroxylation is 1. The molecule has 3 N–H and O–H groups in total. The molecule has 0 aromatic heterocycles. The van der Waals surface area contributed by atoms with E-state index in [9.17, 15) is 5.11 Å². The highest BCUT2D eigenvalue weighted by Crippen LogP contribution is 2.37. The van der Waals surface area contributed by atoms with Gasteiger partial charge in [0.05, 0.1) is 13.2 Å². The standard InChI is InChI=1S/C21H35NO2/c1-3-4-5-6-7-13-24-19-11-12-20-17(14-19)9-8-10-18(20)15-21(2,22)16-23/h11-12,14,18,23H,3-10,13,15-16,22H2,1-2H3/t18-,21+/m0/s1. The van der Waals surface area contributed by atoms with Crippen molar-refractivity contribution < 1.29 is 9.84 Å². The minimum atomic E-state index is -0.493. The van der Waals surface area contributed by atoms with E-state index >= 15 is 0 Å². The fraction of sp³-hybridized carbons (Fsp3) is 0.714. The minimum absolute atomic E-state index is 0.0397. The molecule has 0 bridgehead atoms. The summed E-state index contributed by atoms with van der Waals surface area (Å²) in [6.07, 6.45) is 10.7. The fourth-order valence-corrected chi connectivity index (χ4v) is 3.72. The van der Waals surface area contributed by atoms with Crippen LogP contribution in [0.5, 0.6) is 5.75 Å². The molecule has 0 radical (unpaired) electrons. The van der Waals surface area contributed by atoms with Crippen LogP contribution in [0.2, 0.25) is 0 Å². The van der Waals surface area contributed by atoms with Crippen LogP contribution in [-0.4, -0.2) is 23.9 Å². The number of nitrogens with two attached hydrogens (primary N) is 1. The number of hydrogen-bond donors (Lipinski definition) is 2. The zero-order valence-corrected chi connectivity index (χ0v) is 15.5. The van der Waals surface area contributed by atoms with Gasteiger partial charge in [-0.15, -0.1) is 0 Å². The Kier molecular flexibility index (Phi) is 7.57. The maximum Gasteiger partial charge on any atom is 0.119 e. The number of benzene rings is 1. The van der Waals surface area contributed by atoms with Crippen molar-refractivity contribution in [1.82, 2.24) is 0 Å². The quantitative estimate of drug-likeness (QED) is 0.617. The van der Waals surface area contributed by atoms with Gasteiger partial charge in [0.2, 0.25) is 0 Å². The first kappa shape index (κ1) is 19.3. The van der Waals surface area contributed by atoms with Crippen LogP contribution in [0.25, 0.3) is 0 Å². The summed E-state index contributed by atoms with van der Waals surface area (Å²) in [5.41, 5.74) is 8.49. The van der Waals surface area contributed by atoms with E-state index < -0.39 is 5.54 Å². The van der Waals surface area contributed by atoms with Crippen molar-refractivity contribution in [3.8, 4) is 5.75 Å². The number of aliphatic hydroxyl groups is 1. The van der Waals surface area contributed by atoms with Gasteiger partial charge in [0.25, 0.3) is 0 Å². The van der Waals surface area contributed by atoms with Crippen molar-refractivity contribution in [3.05, 3.63) is 29.3 Å². The highest BCUT2D eigenvalue weighted by Gasteiger charge is 2.27. The Bertz CT molecular complexity index is 499. The van der Waals surface area contributed by atoms with Gasteiger partial charge in [-0.1, -0.05) is 38.7 Å². The zero-order chi connectivity index (χ0) is 17.4. The summed E-state index contributed by atoms with van der Waals surface area (Å²) in [5.74, 6) is 1.46. The van der Waals surface area contributed by atoms with Crippen molar-refractivity contribution in [2.24, 2.45) is 5.73 Å². The molecule has 0 aliphatic heterocycles. The molecule has 0 fully saturated rings. The van der Waals surface area contributed by atoms with Gasteiger partial charge < -0.3 is 15.6 Å². The van der Waals surface area contributed by atoms with Crippen LogP contribution < -0.4 is 10.5 Å². The van der Waals surface area contributed by atoms with Gasteiger partial charge in [0.15, 0.2) is 0 Å². The molecule has 1 aliphatic rings. The van der Waals surface area contributed by atoms with Crippen molar-refractivity contribution in [2.45, 2.75) is 83.1 Å². The largest absolute Gasteiger partial charge is 0.494 e. The summed E-state index contributed by atoms with van der Waals surface area (Å²) in [6.45, 7) is 5.04. The normalized spacial score (nSPS) is 19.6. The van der Waals surface area contributed by atoms with Gasteiger partial charge >= 0.3 is 0 Å². The second-order valence-corrected chi connectivity index (χ2v) is 7.73. The minimum Gasteiger partial charge on any atom is -0.494 e. The Balaban J connectivity index is 1.90. The highest BCUT2D eigenvalue weighted by atomic mass is 16.5. The van der Waals surface area contributed by atoms with Crippen LogP contribution in [0.15, 0.2) is 18.2 Å². The van der Waals surface area contributed by atoms with Crippen LogP contribution in [0.4, 0.5) is 0 Å². The average molecular weight is 334 g/mol. The third-order valence-electron chi connectivity index (χ3n) is 5.14. The first-order valence-electron chi connectivity index (χ1n) is 9.71. The monoisotopic (exact) mass is 333 g/mol. The Morgan fingerprint density at radius 3 is 2.79 bits per heavy atom. The Labute approximate surface area is 147 Å². The predicted molar refractivity (Wildman–Crippen MR) is 101 cm³/mol. The van der Waals surface area contributed by atoms with Gasteiger partial charge in [0, 0.05) is 5.54 Å². The molecule has 24 heavy (non-hydrogen) atoms. The molecule has 3 heteroatoms. The van der Waals surface area contributed by atoms with E-state index in [1.807, 2.05) is 6.92 Å². The summed E-state index contributed by atoms with van der Waals surface area (Å²) < 4.78 is 5.94. The van der Waals surface area contributed by atoms with E-state index in [-0.39, 0.29) is 6.61 Å². The molecule has 1 aromatic rings. The lowest BCUT2D eigenvalue weighted by molar-refractivity contribution is 0.189. The summed E-state index contributed by atoms with van der Waals surface area (Å²) in [5, 5.41) is 9.45. The first-order chi connectivity index (χ1) is 11.6. The van der Waals surface area contributed by atoms with Gasteiger partial charge in [-0.2, -0.15) is 0 Å². The molecule has 0 spiro atoms. The third kappa shape index (κ3) is 5.78. The average Bonchev–Trinajstić information content (AvgIpc) is 2.58. The van der Waals surface area contributed by atoms with Gasteiger partial charge in [-0.3, -0.25) is 0 Å². The SMILES string of the molecule is CCCCCCCOc1ccc2c(c1)CCC[C@H]2C[C@@](C)(N)CO. The van der Waals surface area contributed by atoms with Crippen LogP contribution in [0.3, 0.4) is 0 Å². The number of rotatable bonds is 10. The first-order valence-corrected chi connectivity index (χ1v) is 9.71. The number of unbranched alkanes of at least 4 members (excludes halogenated alkanes) is 4. The number of aliphatic hydroxyl groups excluding tert-OH is 1. The molecule has 2 rings (SSSR count). The molecule has 2 atom stereocenters. The van der Waals surface area contributed by atoms with E-state index in [0.29, 0.717) is 5.92 Å². The van der Waals surface area contributed by atoms with Crippen molar-refractivity contribution >= 4 is 0 Å². The summed E-state index contributed by atoms with van der Waals surface area (Å²) >= 11 is 0. The third-order valence-corrected chi connectivity index (χ3v) is 5.14. The van der Waals surface area contributed by atoms with Crippen molar-refractivity contribution in [2.75, 3.05) is 13.2 Å². The van der Waals surface area contributed by atoms with E-state index in [0.717, 1.165) is 38.0 Å². The summed E-state index contributed by atoms with van der Waals surface area (Å²) in [7, 11) is 0. The topological polar surface area (TPSA) is 55.5 Å². The molecule has 0 amide bonds. The Hall–Kier alpha value is -1.06. The van der Waals surface area contributed by atoms with Crippen LogP contribution in [-0.2, 0) is 6.42 Å². The second-order valence-electron chi connectivity index (χ2n) is 7.73. The molecule has 136 valence electrons. The predicted octanol–water partition coefficient (Wildman–Crippen LogP) is 4.56. The van der Waals surface area contributed by atoms with Gasteiger partial charge in [0.1, 0.15) is 5.75 Å². The fourth-order valence-electron chi connectivity index (χ4n) is 3.72. The van der Waals surface area contributed by atoms with Gasteiger partial charge in [-0.25, -0.2) is 0 Å². The zero-order valence-electron chi connectivity index (χ0n) is 15.5. The number of ether oxygens (including phenoxy) is 1. The molecule has 1 aromatic carbocycles. The molecule has 0 unspecified atom stereocenters. The molecular weight excluding hydrogens is 298 g/mol. The Morgan fingerprint density at radius 1 is 1.25 bits per heavy atom. The lowest BCUT2D eigenvalue weighted by Gasteiger charge is -2.32. The van der Waals surface area contributed by atoms with Gasteiger partial charge in [-0.05, 0) is 68.2 Å². The Morgan fingerprint density at radius 2 is 2.04 bits per heavy atom. The molecule has 1 aliphatic carbocycles. The lowest BCUT2D eigenvalue weighted by atomic mass is 9.76. The van der Waals surface area contributed by atoms with E-state index in [4.69, 9.17) is 10.5 Å². The van der Waals surface area contributed by atoms with Crippen LogP contribution in [0, 0.1) is 0 Å². The molecule has 0 saturated heterocycles. The van der Waals surface area contributed by atoms with E-state index in [1.165, 1.54) is 43.2 Å². The van der Waals surface area contributed by atoms with Crippen molar-refractivity contribution in [1.29, 1.82) is 0 Å². The summed E-state index contributed by atoms with van der Waals surface area (Å²) in [4.78, 5) is 0. The maximum absolute atomic E-state index is 9.45. The molecular formula is C21H35NO2. The molecule has 3 nitrogen and oxygen atoms in total.